The number of thioether (sulfide) groups is 1. The summed E-state index contributed by atoms with van der Waals surface area (Å²) in [5.41, 5.74) is 6.43. The standard InChI is InChI=1S/C35H37N5O3S2/c1-5-45(42,43)29-14-15-30(24(3)18-29)31-19-27-20-36-35(37-28-12-10-25(11-13-28)32-22-39(4)16-17-44-32)38-33(27)40(34(31)41)21-26-9-7-6-8-23(26)2/h6-15,18-20,32H,5,16-17,21-22H2,1-4H3,(H,36,37,38). The molecule has 1 saturated heterocycles. The lowest BCUT2D eigenvalue weighted by Gasteiger charge is -2.29. The van der Waals surface area contributed by atoms with E-state index in [1.165, 1.54) is 5.56 Å². The number of likely N-dealkylation sites (N-methyl/N-ethyl adjacent to an activating group) is 1. The second-order valence-corrected chi connectivity index (χ2v) is 15.2. The highest BCUT2D eigenvalue weighted by Gasteiger charge is 2.20. The lowest BCUT2D eigenvalue weighted by Crippen LogP contribution is -2.30. The fourth-order valence-electron chi connectivity index (χ4n) is 5.70. The zero-order chi connectivity index (χ0) is 31.7. The number of nitrogens with zero attached hydrogens (tertiary/aromatic N) is 4. The largest absolute Gasteiger partial charge is 0.324 e. The molecule has 1 fully saturated rings. The average Bonchev–Trinajstić information content (AvgIpc) is 3.04. The first-order valence-corrected chi connectivity index (χ1v) is 17.8. The van der Waals surface area contributed by atoms with Crippen LogP contribution in [0.15, 0.2) is 88.7 Å². The Bertz CT molecular complexity index is 2040. The van der Waals surface area contributed by atoms with Gasteiger partial charge in [-0.2, -0.15) is 16.7 Å². The molecule has 1 atom stereocenters. The normalized spacial score (nSPS) is 15.8. The Morgan fingerprint density at radius 2 is 1.76 bits per heavy atom. The van der Waals surface area contributed by atoms with Crippen LogP contribution < -0.4 is 10.9 Å². The molecule has 1 N–H and O–H groups in total. The number of aromatic nitrogens is 3. The van der Waals surface area contributed by atoms with E-state index in [0.717, 1.165) is 35.7 Å². The molecular weight excluding hydrogens is 603 g/mol. The number of rotatable bonds is 8. The number of fused-ring (bicyclic) bond motifs is 1. The molecule has 0 saturated carbocycles. The highest BCUT2D eigenvalue weighted by molar-refractivity contribution is 7.99. The van der Waals surface area contributed by atoms with Crippen LogP contribution in [0.25, 0.3) is 22.2 Å². The van der Waals surface area contributed by atoms with E-state index in [0.29, 0.717) is 45.5 Å². The first-order chi connectivity index (χ1) is 21.6. The Kier molecular flexibility index (Phi) is 8.81. The molecule has 3 aromatic carbocycles. The van der Waals surface area contributed by atoms with Gasteiger partial charge >= 0.3 is 0 Å². The summed E-state index contributed by atoms with van der Waals surface area (Å²) < 4.78 is 26.7. The van der Waals surface area contributed by atoms with Gasteiger partial charge in [-0.25, -0.2) is 13.4 Å². The first kappa shape index (κ1) is 31.0. The van der Waals surface area contributed by atoms with Crippen molar-refractivity contribution in [3.05, 3.63) is 112 Å². The van der Waals surface area contributed by atoms with Crippen molar-refractivity contribution >= 4 is 44.3 Å². The molecule has 0 aliphatic carbocycles. The van der Waals surface area contributed by atoms with Crippen molar-refractivity contribution in [2.75, 3.05) is 37.0 Å². The van der Waals surface area contributed by atoms with Gasteiger partial charge in [0.05, 0.1) is 17.2 Å². The molecule has 0 bridgehead atoms. The molecule has 1 aliphatic heterocycles. The van der Waals surface area contributed by atoms with Crippen molar-refractivity contribution in [1.29, 1.82) is 0 Å². The van der Waals surface area contributed by atoms with Crippen LogP contribution in [-0.2, 0) is 16.4 Å². The van der Waals surface area contributed by atoms with Gasteiger partial charge in [0, 0.05) is 46.9 Å². The summed E-state index contributed by atoms with van der Waals surface area (Å²) in [6, 6.07) is 23.1. The third-order valence-electron chi connectivity index (χ3n) is 8.45. The average molecular weight is 640 g/mol. The zero-order valence-electron chi connectivity index (χ0n) is 25.9. The fraction of sp³-hybridized carbons (Fsp3) is 0.286. The van der Waals surface area contributed by atoms with Crippen molar-refractivity contribution in [2.45, 2.75) is 37.5 Å². The summed E-state index contributed by atoms with van der Waals surface area (Å²) >= 11 is 1.99. The molecule has 5 aromatic rings. The Morgan fingerprint density at radius 3 is 2.47 bits per heavy atom. The van der Waals surface area contributed by atoms with E-state index in [1.807, 2.05) is 62.0 Å². The lowest BCUT2D eigenvalue weighted by molar-refractivity contribution is 0.347. The minimum absolute atomic E-state index is 0.0139. The predicted molar refractivity (Wildman–Crippen MR) is 184 cm³/mol. The van der Waals surface area contributed by atoms with Crippen molar-refractivity contribution in [3.63, 3.8) is 0 Å². The third-order valence-corrected chi connectivity index (χ3v) is 11.4. The maximum absolute atomic E-state index is 14.2. The van der Waals surface area contributed by atoms with E-state index in [-0.39, 0.29) is 16.2 Å². The SMILES string of the molecule is CCS(=O)(=O)c1ccc(-c2cc3cnc(Nc4ccc(C5CN(C)CCS5)cc4)nc3n(Cc3ccccc3C)c2=O)c(C)c1. The predicted octanol–water partition coefficient (Wildman–Crippen LogP) is 6.38. The van der Waals surface area contributed by atoms with E-state index < -0.39 is 9.84 Å². The first-order valence-electron chi connectivity index (χ1n) is 15.1. The monoisotopic (exact) mass is 639 g/mol. The summed E-state index contributed by atoms with van der Waals surface area (Å²) in [6.45, 7) is 7.97. The maximum atomic E-state index is 14.2. The number of aryl methyl sites for hydroxylation is 2. The number of hydrogen-bond donors (Lipinski definition) is 1. The Hall–Kier alpha value is -3.99. The molecule has 1 unspecified atom stereocenters. The summed E-state index contributed by atoms with van der Waals surface area (Å²) in [5.74, 6) is 1.54. The zero-order valence-corrected chi connectivity index (χ0v) is 27.6. The van der Waals surface area contributed by atoms with Gasteiger partial charge in [0.25, 0.3) is 5.56 Å². The molecule has 0 spiro atoms. The molecule has 2 aromatic heterocycles. The number of sulfone groups is 1. The van der Waals surface area contributed by atoms with Gasteiger partial charge in [-0.1, -0.05) is 49.4 Å². The van der Waals surface area contributed by atoms with E-state index >= 15 is 0 Å². The molecule has 0 amide bonds. The number of pyridine rings is 1. The van der Waals surface area contributed by atoms with Crippen LogP contribution in [0.4, 0.5) is 11.6 Å². The number of nitrogens with one attached hydrogen (secondary N) is 1. The Labute approximate surface area is 268 Å². The minimum atomic E-state index is -3.37. The minimum Gasteiger partial charge on any atom is -0.324 e. The highest BCUT2D eigenvalue weighted by atomic mass is 32.2. The van der Waals surface area contributed by atoms with Crippen LogP contribution in [0.5, 0.6) is 0 Å². The third kappa shape index (κ3) is 6.54. The van der Waals surface area contributed by atoms with Gasteiger partial charge in [-0.05, 0) is 79.0 Å². The summed E-state index contributed by atoms with van der Waals surface area (Å²) in [7, 11) is -1.21. The van der Waals surface area contributed by atoms with Crippen LogP contribution in [0.2, 0.25) is 0 Å². The van der Waals surface area contributed by atoms with Crippen LogP contribution in [-0.4, -0.2) is 59.5 Å². The van der Waals surface area contributed by atoms with Gasteiger partial charge in [0.1, 0.15) is 5.65 Å². The van der Waals surface area contributed by atoms with Crippen molar-refractivity contribution in [2.24, 2.45) is 0 Å². The molecule has 8 nitrogen and oxygen atoms in total. The summed E-state index contributed by atoms with van der Waals surface area (Å²) in [5, 5.41) is 4.49. The van der Waals surface area contributed by atoms with Crippen molar-refractivity contribution in [3.8, 4) is 11.1 Å². The second kappa shape index (κ2) is 12.8. The van der Waals surface area contributed by atoms with Gasteiger partial charge < -0.3 is 10.2 Å². The Balaban J connectivity index is 1.40. The number of hydrogen-bond acceptors (Lipinski definition) is 8. The van der Waals surface area contributed by atoms with Crippen molar-refractivity contribution in [1.82, 2.24) is 19.4 Å². The molecular formula is C35H37N5O3S2. The van der Waals surface area contributed by atoms with E-state index in [4.69, 9.17) is 4.98 Å². The Morgan fingerprint density at radius 1 is 0.978 bits per heavy atom. The van der Waals surface area contributed by atoms with E-state index in [2.05, 4.69) is 34.4 Å². The van der Waals surface area contributed by atoms with Gasteiger partial charge in [-0.15, -0.1) is 0 Å². The van der Waals surface area contributed by atoms with Gasteiger partial charge in [0.2, 0.25) is 5.95 Å². The topological polar surface area (TPSA) is 97.2 Å². The fourth-order valence-corrected chi connectivity index (χ4v) is 8.08. The van der Waals surface area contributed by atoms with Gasteiger partial charge in [0.15, 0.2) is 9.84 Å². The quantitative estimate of drug-likeness (QED) is 0.209. The maximum Gasteiger partial charge on any atom is 0.260 e. The molecule has 3 heterocycles. The second-order valence-electron chi connectivity index (χ2n) is 11.6. The van der Waals surface area contributed by atoms with Crippen LogP contribution in [0.3, 0.4) is 0 Å². The smallest absolute Gasteiger partial charge is 0.260 e. The van der Waals surface area contributed by atoms with Crippen LogP contribution in [0.1, 0.15) is 34.4 Å². The van der Waals surface area contributed by atoms with Crippen LogP contribution in [0, 0.1) is 13.8 Å². The van der Waals surface area contributed by atoms with E-state index in [9.17, 15) is 13.2 Å². The molecule has 45 heavy (non-hydrogen) atoms. The van der Waals surface area contributed by atoms with Crippen LogP contribution >= 0.6 is 11.8 Å². The van der Waals surface area contributed by atoms with E-state index in [1.54, 1.807) is 42.0 Å². The molecule has 232 valence electrons. The molecule has 6 rings (SSSR count). The number of benzene rings is 3. The lowest BCUT2D eigenvalue weighted by atomic mass is 10.0. The molecule has 0 radical (unpaired) electrons. The molecule has 10 heteroatoms. The highest BCUT2D eigenvalue weighted by Crippen LogP contribution is 2.33. The summed E-state index contributed by atoms with van der Waals surface area (Å²) in [6.07, 6.45) is 1.73. The number of anilines is 2. The van der Waals surface area contributed by atoms with Crippen molar-refractivity contribution < 1.29 is 8.42 Å². The summed E-state index contributed by atoms with van der Waals surface area (Å²) in [4.78, 5) is 26.3. The molecule has 1 aliphatic rings. The van der Waals surface area contributed by atoms with Gasteiger partial charge in [-0.3, -0.25) is 9.36 Å².